The molecule has 0 heterocycles. The third kappa shape index (κ3) is 14.7. The summed E-state index contributed by atoms with van der Waals surface area (Å²) in [4.78, 5) is 10.1. The van der Waals surface area contributed by atoms with Crippen LogP contribution in [0.2, 0.25) is 0 Å². The Hall–Kier alpha value is -3.24. The van der Waals surface area contributed by atoms with Gasteiger partial charge >= 0.3 is 5.97 Å². The summed E-state index contributed by atoms with van der Waals surface area (Å²) >= 11 is 0. The fraction of sp³-hybridized carbons (Fsp3) is 0.441. The summed E-state index contributed by atoms with van der Waals surface area (Å²) in [6.07, 6.45) is 16.5. The molecule has 1 aliphatic carbocycles. The van der Waals surface area contributed by atoms with Crippen molar-refractivity contribution in [2.24, 2.45) is 5.41 Å². The minimum Gasteiger partial charge on any atom is -0.478 e. The van der Waals surface area contributed by atoms with Crippen LogP contribution in [-0.2, 0) is 16.0 Å². The number of aliphatic hydroxyl groups is 2. The van der Waals surface area contributed by atoms with Gasteiger partial charge in [0.25, 0.3) is 0 Å². The van der Waals surface area contributed by atoms with Crippen molar-refractivity contribution < 1.29 is 38.0 Å². The number of aryl methyl sites for hydroxylation is 1. The lowest BCUT2D eigenvalue weighted by Gasteiger charge is -2.32. The average molecular weight is 604 g/mol. The first-order valence-electron chi connectivity index (χ1n) is 14.8. The number of carboxylic acid groups (broad SMARTS) is 1. The van der Waals surface area contributed by atoms with Crippen LogP contribution in [0.4, 0.5) is 13.2 Å². The summed E-state index contributed by atoms with van der Waals surface area (Å²) in [7, 11) is 0. The molecule has 1 aliphatic rings. The molecule has 236 valence electrons. The average Bonchev–Trinajstić information content (AvgIpc) is 3.02. The number of nitrogens with one attached hydrogen (secondary N) is 1. The second-order valence-corrected chi connectivity index (χ2v) is 10.7. The first kappa shape index (κ1) is 36.0. The number of aliphatic hydroxyl groups excluding tert-OH is 2. The van der Waals surface area contributed by atoms with Crippen LogP contribution in [0.15, 0.2) is 72.3 Å². The molecule has 43 heavy (non-hydrogen) atoms. The van der Waals surface area contributed by atoms with E-state index in [9.17, 15) is 28.2 Å². The van der Waals surface area contributed by atoms with Crippen molar-refractivity contribution in [3.05, 3.63) is 101 Å². The minimum atomic E-state index is -1.57. The molecule has 0 saturated carbocycles. The Labute approximate surface area is 252 Å². The molecule has 4 N–H and O–H groups in total. The highest BCUT2D eigenvalue weighted by atomic mass is 19.2. The molecule has 0 fully saturated rings. The Balaban J connectivity index is 0.000000385. The van der Waals surface area contributed by atoms with Gasteiger partial charge in [-0.25, -0.2) is 18.0 Å². The highest BCUT2D eigenvalue weighted by molar-refractivity contribution is 5.85. The molecule has 1 unspecified atom stereocenters. The van der Waals surface area contributed by atoms with Crippen molar-refractivity contribution in [1.29, 1.82) is 0 Å². The Kier molecular flexibility index (Phi) is 17.2. The van der Waals surface area contributed by atoms with Gasteiger partial charge in [-0.1, -0.05) is 61.4 Å². The molecular formula is C34H44F3NO5. The lowest BCUT2D eigenvalue weighted by Crippen LogP contribution is -2.37. The molecule has 1 atom stereocenters. The zero-order chi connectivity index (χ0) is 31.3. The number of hydrogen-bond acceptors (Lipinski definition) is 5. The number of benzene rings is 2. The summed E-state index contributed by atoms with van der Waals surface area (Å²) in [6.45, 7) is 3.64. The van der Waals surface area contributed by atoms with E-state index in [-0.39, 0.29) is 24.2 Å². The Morgan fingerprint density at radius 1 is 0.953 bits per heavy atom. The van der Waals surface area contributed by atoms with E-state index in [1.165, 1.54) is 24.8 Å². The van der Waals surface area contributed by atoms with Gasteiger partial charge in [0.15, 0.2) is 17.5 Å². The maximum atomic E-state index is 12.6. The predicted octanol–water partition coefficient (Wildman–Crippen LogP) is 6.23. The number of ether oxygens (including phenoxy) is 1. The number of unbranched alkanes of at least 4 members (excludes halogenated alkanes) is 4. The summed E-state index contributed by atoms with van der Waals surface area (Å²) in [5, 5.41) is 30.8. The van der Waals surface area contributed by atoms with Crippen LogP contribution in [0.3, 0.4) is 0 Å². The maximum Gasteiger partial charge on any atom is 0.328 e. The quantitative estimate of drug-likeness (QED) is 0.0916. The molecule has 2 aromatic rings. The van der Waals surface area contributed by atoms with Gasteiger partial charge in [0.2, 0.25) is 0 Å². The second kappa shape index (κ2) is 20.6. The third-order valence-electron chi connectivity index (χ3n) is 7.02. The van der Waals surface area contributed by atoms with Gasteiger partial charge in [-0.3, -0.25) is 0 Å². The molecule has 3 rings (SSSR count). The Bertz CT molecular complexity index is 1160. The van der Waals surface area contributed by atoms with E-state index < -0.39 is 23.4 Å². The zero-order valence-electron chi connectivity index (χ0n) is 24.6. The summed E-state index contributed by atoms with van der Waals surface area (Å²) in [5.41, 5.74) is 2.09. The first-order chi connectivity index (χ1) is 20.8. The monoisotopic (exact) mass is 603 g/mol. The molecule has 0 amide bonds. The lowest BCUT2D eigenvalue weighted by atomic mass is 9.79. The second-order valence-electron chi connectivity index (χ2n) is 10.7. The molecule has 0 radical (unpaired) electrons. The van der Waals surface area contributed by atoms with Crippen LogP contribution in [0.25, 0.3) is 6.08 Å². The molecule has 6 nitrogen and oxygen atoms in total. The zero-order valence-corrected chi connectivity index (χ0v) is 24.6. The van der Waals surface area contributed by atoms with Crippen LogP contribution in [0.1, 0.15) is 56.1 Å². The van der Waals surface area contributed by atoms with Crippen LogP contribution in [-0.4, -0.2) is 60.8 Å². The first-order valence-corrected chi connectivity index (χ1v) is 14.8. The van der Waals surface area contributed by atoms with E-state index in [0.717, 1.165) is 70.1 Å². The van der Waals surface area contributed by atoms with Crippen molar-refractivity contribution in [2.45, 2.75) is 51.4 Å². The normalized spacial score (nSPS) is 16.2. The number of rotatable bonds is 18. The van der Waals surface area contributed by atoms with E-state index in [4.69, 9.17) is 9.84 Å². The van der Waals surface area contributed by atoms with Gasteiger partial charge in [-0.05, 0) is 80.0 Å². The largest absolute Gasteiger partial charge is 0.478 e. The van der Waals surface area contributed by atoms with E-state index in [1.807, 2.05) is 12.2 Å². The molecular weight excluding hydrogens is 559 g/mol. The molecule has 2 aromatic carbocycles. The third-order valence-corrected chi connectivity index (χ3v) is 7.02. The Morgan fingerprint density at radius 2 is 1.63 bits per heavy atom. The van der Waals surface area contributed by atoms with Gasteiger partial charge in [-0.2, -0.15) is 0 Å². The SMILES string of the molecule is O=C(O)C=Cc1cc(F)c(F)c(F)c1.OCC1=CC=CC(CO)(CNCCCCCCOCCCCc2ccccc2)C1. The van der Waals surface area contributed by atoms with Crippen molar-refractivity contribution in [3.63, 3.8) is 0 Å². The fourth-order valence-corrected chi connectivity index (χ4v) is 4.62. The number of carboxylic acids is 1. The lowest BCUT2D eigenvalue weighted by molar-refractivity contribution is -0.131. The standard InChI is InChI=1S/C25H39NO3.C9H5F3O2/c27-20-24-14-10-15-25(19-24,22-28)21-26-16-7-1-2-8-17-29-18-9-6-13-23-11-4-3-5-12-23;10-6-3-5(1-2-8(13)14)4-7(11)9(6)12/h3-5,10-12,14-15,26-28H,1-2,6-9,13,16-22H2;1-4H,(H,13,14). The molecule has 0 spiro atoms. The van der Waals surface area contributed by atoms with Crippen LogP contribution in [0, 0.1) is 22.9 Å². The van der Waals surface area contributed by atoms with Crippen molar-refractivity contribution in [1.82, 2.24) is 5.32 Å². The summed E-state index contributed by atoms with van der Waals surface area (Å²) in [6, 6.07) is 12.1. The fourth-order valence-electron chi connectivity index (χ4n) is 4.62. The maximum absolute atomic E-state index is 12.6. The van der Waals surface area contributed by atoms with Gasteiger partial charge in [0.05, 0.1) is 13.2 Å². The van der Waals surface area contributed by atoms with Crippen molar-refractivity contribution in [3.8, 4) is 0 Å². The predicted molar refractivity (Wildman–Crippen MR) is 163 cm³/mol. The number of aliphatic carboxylic acids is 1. The molecule has 9 heteroatoms. The van der Waals surface area contributed by atoms with E-state index >= 15 is 0 Å². The highest BCUT2D eigenvalue weighted by Gasteiger charge is 2.28. The van der Waals surface area contributed by atoms with Gasteiger partial charge in [0, 0.05) is 31.2 Å². The summed E-state index contributed by atoms with van der Waals surface area (Å²) < 4.78 is 43.3. The minimum absolute atomic E-state index is 0.0520. The van der Waals surface area contributed by atoms with Crippen LogP contribution < -0.4 is 5.32 Å². The molecule has 0 aromatic heterocycles. The highest BCUT2D eigenvalue weighted by Crippen LogP contribution is 2.30. The topological polar surface area (TPSA) is 99.0 Å². The van der Waals surface area contributed by atoms with Gasteiger partial charge in [0.1, 0.15) is 0 Å². The van der Waals surface area contributed by atoms with E-state index in [1.54, 1.807) is 0 Å². The van der Waals surface area contributed by atoms with E-state index in [0.29, 0.717) is 18.2 Å². The molecule has 0 aliphatic heterocycles. The van der Waals surface area contributed by atoms with Crippen molar-refractivity contribution in [2.75, 3.05) is 39.5 Å². The van der Waals surface area contributed by atoms with Crippen LogP contribution >= 0.6 is 0 Å². The number of carbonyl (C=O) groups is 1. The van der Waals surface area contributed by atoms with E-state index in [2.05, 4.69) is 41.7 Å². The van der Waals surface area contributed by atoms with Gasteiger partial charge in [-0.15, -0.1) is 0 Å². The van der Waals surface area contributed by atoms with Crippen LogP contribution in [0.5, 0.6) is 0 Å². The Morgan fingerprint density at radius 3 is 2.28 bits per heavy atom. The van der Waals surface area contributed by atoms with Crippen molar-refractivity contribution >= 4 is 12.0 Å². The molecule has 0 bridgehead atoms. The van der Waals surface area contributed by atoms with Gasteiger partial charge < -0.3 is 25.4 Å². The number of allylic oxidation sites excluding steroid dienone is 2. The summed E-state index contributed by atoms with van der Waals surface area (Å²) in [5.74, 6) is -5.53. The number of hydrogen-bond donors (Lipinski definition) is 4. The molecule has 0 saturated heterocycles. The smallest absolute Gasteiger partial charge is 0.328 e. The number of halogens is 3.